The second kappa shape index (κ2) is 10.6. The lowest BCUT2D eigenvalue weighted by atomic mass is 9.87. The summed E-state index contributed by atoms with van der Waals surface area (Å²) in [6, 6.07) is 12.5. The highest BCUT2D eigenvalue weighted by Crippen LogP contribution is 2.38. The monoisotopic (exact) mass is 505 g/mol. The molecule has 1 fully saturated rings. The third-order valence-electron chi connectivity index (χ3n) is 5.73. The van der Waals surface area contributed by atoms with Crippen molar-refractivity contribution in [3.05, 3.63) is 81.1 Å². The topological polar surface area (TPSA) is 64.5 Å². The number of rotatable bonds is 7. The largest absolute Gasteiger partial charge is 0.481 e. The van der Waals surface area contributed by atoms with Gasteiger partial charge in [-0.2, -0.15) is 0 Å². The lowest BCUT2D eigenvalue weighted by molar-refractivity contribution is 0.0783. The van der Waals surface area contributed by atoms with Crippen LogP contribution in [0.5, 0.6) is 11.8 Å². The van der Waals surface area contributed by atoms with Crippen LogP contribution in [0.2, 0.25) is 15.1 Å². The van der Waals surface area contributed by atoms with Gasteiger partial charge in [-0.3, -0.25) is 4.79 Å². The molecule has 0 saturated carbocycles. The highest BCUT2D eigenvalue weighted by Gasteiger charge is 2.36. The summed E-state index contributed by atoms with van der Waals surface area (Å²) in [4.78, 5) is 23.3. The summed E-state index contributed by atoms with van der Waals surface area (Å²) in [7, 11) is 1.54. The number of aromatic nitrogens is 2. The van der Waals surface area contributed by atoms with Gasteiger partial charge in [0.25, 0.3) is 5.91 Å². The molecule has 2 atom stereocenters. The number of methoxy groups -OCH3 is 1. The van der Waals surface area contributed by atoms with Crippen LogP contribution in [0.1, 0.15) is 28.3 Å². The fraction of sp³-hybridized carbons (Fsp3) is 0.292. The first-order chi connectivity index (χ1) is 15.9. The molecule has 1 aliphatic rings. The number of carbonyl (C=O) groups is 1. The van der Waals surface area contributed by atoms with E-state index in [9.17, 15) is 4.79 Å². The molecule has 0 spiro atoms. The molecule has 0 N–H and O–H groups in total. The van der Waals surface area contributed by atoms with Gasteiger partial charge in [0.15, 0.2) is 0 Å². The van der Waals surface area contributed by atoms with E-state index in [0.29, 0.717) is 52.1 Å². The molecule has 0 unspecified atom stereocenters. The Morgan fingerprint density at radius 3 is 2.45 bits per heavy atom. The maximum Gasteiger partial charge on any atom is 0.255 e. The van der Waals surface area contributed by atoms with E-state index in [4.69, 9.17) is 44.3 Å². The molecule has 4 rings (SSSR count). The molecule has 9 heteroatoms. The van der Waals surface area contributed by atoms with Gasteiger partial charge in [0.2, 0.25) is 11.8 Å². The third kappa shape index (κ3) is 5.69. The van der Waals surface area contributed by atoms with Crippen LogP contribution >= 0.6 is 34.8 Å². The van der Waals surface area contributed by atoms with Crippen molar-refractivity contribution in [2.45, 2.75) is 12.3 Å². The van der Waals surface area contributed by atoms with Crippen LogP contribution in [0.4, 0.5) is 0 Å². The number of carbonyl (C=O) groups excluding carboxylic acids is 1. The highest BCUT2D eigenvalue weighted by molar-refractivity contribution is 6.42. The molecule has 172 valence electrons. The van der Waals surface area contributed by atoms with Crippen molar-refractivity contribution >= 4 is 40.7 Å². The zero-order chi connectivity index (χ0) is 23.4. The summed E-state index contributed by atoms with van der Waals surface area (Å²) >= 11 is 18.3. The van der Waals surface area contributed by atoms with Gasteiger partial charge in [0.1, 0.15) is 0 Å². The fourth-order valence-electron chi connectivity index (χ4n) is 4.02. The first-order valence-corrected chi connectivity index (χ1v) is 11.6. The Balaban J connectivity index is 1.50. The maximum absolute atomic E-state index is 13.2. The number of pyridine rings is 2. The van der Waals surface area contributed by atoms with Crippen LogP contribution in [0.3, 0.4) is 0 Å². The molecule has 3 aromatic rings. The maximum atomic E-state index is 13.2. The number of amides is 1. The van der Waals surface area contributed by atoms with Crippen molar-refractivity contribution in [2.24, 2.45) is 5.92 Å². The second-order valence-electron chi connectivity index (χ2n) is 7.79. The lowest BCUT2D eigenvalue weighted by Gasteiger charge is -2.19. The number of nitrogens with zero attached hydrogens (tertiary/aromatic N) is 3. The molecule has 1 saturated heterocycles. The number of halogens is 3. The van der Waals surface area contributed by atoms with E-state index < -0.39 is 0 Å². The highest BCUT2D eigenvalue weighted by atomic mass is 35.5. The SMILES string of the molecule is COc1ccc(C(=O)N2C[C@@H](CCOc3ccc(Cl)cn3)[C@@H](c3ccc(Cl)c(Cl)c3)C2)cn1. The Morgan fingerprint density at radius 2 is 1.79 bits per heavy atom. The minimum atomic E-state index is -0.0713. The molecular weight excluding hydrogens is 485 g/mol. The van der Waals surface area contributed by atoms with Gasteiger partial charge < -0.3 is 14.4 Å². The first kappa shape index (κ1) is 23.6. The Hall–Kier alpha value is -2.54. The molecule has 6 nitrogen and oxygen atoms in total. The average Bonchev–Trinajstić information content (AvgIpc) is 3.26. The van der Waals surface area contributed by atoms with Gasteiger partial charge in [-0.25, -0.2) is 9.97 Å². The van der Waals surface area contributed by atoms with Crippen LogP contribution < -0.4 is 9.47 Å². The predicted molar refractivity (Wildman–Crippen MR) is 129 cm³/mol. The summed E-state index contributed by atoms with van der Waals surface area (Å²) in [6.07, 6.45) is 3.83. The summed E-state index contributed by atoms with van der Waals surface area (Å²) in [5.41, 5.74) is 1.56. The summed E-state index contributed by atoms with van der Waals surface area (Å²) in [5.74, 6) is 1.17. The Kier molecular flexibility index (Phi) is 7.58. The molecule has 0 aliphatic carbocycles. The first-order valence-electron chi connectivity index (χ1n) is 10.4. The number of hydrogen-bond acceptors (Lipinski definition) is 5. The smallest absolute Gasteiger partial charge is 0.255 e. The van der Waals surface area contributed by atoms with E-state index in [-0.39, 0.29) is 17.7 Å². The minimum Gasteiger partial charge on any atom is -0.481 e. The Labute approximate surface area is 207 Å². The van der Waals surface area contributed by atoms with Gasteiger partial charge in [-0.05, 0) is 42.2 Å². The number of likely N-dealkylation sites (tertiary alicyclic amines) is 1. The average molecular weight is 507 g/mol. The van der Waals surface area contributed by atoms with Crippen molar-refractivity contribution in [2.75, 3.05) is 26.8 Å². The molecule has 0 bridgehead atoms. The zero-order valence-corrected chi connectivity index (χ0v) is 20.1. The number of ether oxygens (including phenoxy) is 2. The van der Waals surface area contributed by atoms with Crippen molar-refractivity contribution in [1.29, 1.82) is 0 Å². The Morgan fingerprint density at radius 1 is 1.00 bits per heavy atom. The van der Waals surface area contributed by atoms with E-state index in [0.717, 1.165) is 12.0 Å². The fourth-order valence-corrected chi connectivity index (χ4v) is 4.44. The van der Waals surface area contributed by atoms with Crippen LogP contribution in [-0.2, 0) is 0 Å². The van der Waals surface area contributed by atoms with Crippen LogP contribution in [-0.4, -0.2) is 47.6 Å². The Bertz CT molecular complexity index is 1110. The standard InChI is InChI=1S/C24H22Cl3N3O3/c1-32-22-6-3-16(11-28-22)24(31)30-13-17(8-9-33-23-7-4-18(25)12-29-23)19(14-30)15-2-5-20(26)21(27)10-15/h2-7,10-12,17,19H,8-9,13-14H2,1H3/t17-,19-/m1/s1. The van der Waals surface area contributed by atoms with Crippen molar-refractivity contribution in [3.63, 3.8) is 0 Å². The van der Waals surface area contributed by atoms with Gasteiger partial charge in [-0.15, -0.1) is 0 Å². The predicted octanol–water partition coefficient (Wildman–Crippen LogP) is 5.77. The van der Waals surface area contributed by atoms with E-state index in [1.807, 2.05) is 17.0 Å². The number of benzene rings is 1. The van der Waals surface area contributed by atoms with Gasteiger partial charge in [0, 0.05) is 43.5 Å². The van der Waals surface area contributed by atoms with Crippen LogP contribution in [0.25, 0.3) is 0 Å². The molecule has 2 aromatic heterocycles. The molecule has 0 radical (unpaired) electrons. The quantitative estimate of drug-likeness (QED) is 0.407. The van der Waals surface area contributed by atoms with E-state index in [1.54, 1.807) is 43.6 Å². The van der Waals surface area contributed by atoms with Gasteiger partial charge in [0.05, 0.1) is 34.3 Å². The lowest BCUT2D eigenvalue weighted by Crippen LogP contribution is -2.29. The van der Waals surface area contributed by atoms with E-state index in [1.165, 1.54) is 6.20 Å². The third-order valence-corrected chi connectivity index (χ3v) is 6.69. The minimum absolute atomic E-state index is 0.0713. The molecule has 33 heavy (non-hydrogen) atoms. The van der Waals surface area contributed by atoms with Gasteiger partial charge in [-0.1, -0.05) is 40.9 Å². The second-order valence-corrected chi connectivity index (χ2v) is 9.04. The normalized spacial score (nSPS) is 17.8. The molecule has 1 aliphatic heterocycles. The van der Waals surface area contributed by atoms with Crippen molar-refractivity contribution in [3.8, 4) is 11.8 Å². The molecular formula is C24H22Cl3N3O3. The molecule has 1 aromatic carbocycles. The number of hydrogen-bond donors (Lipinski definition) is 0. The van der Waals surface area contributed by atoms with Crippen LogP contribution in [0, 0.1) is 5.92 Å². The summed E-state index contributed by atoms with van der Waals surface area (Å²) in [6.45, 7) is 1.61. The van der Waals surface area contributed by atoms with Crippen molar-refractivity contribution < 1.29 is 14.3 Å². The molecule has 1 amide bonds. The summed E-state index contributed by atoms with van der Waals surface area (Å²) in [5, 5.41) is 1.56. The van der Waals surface area contributed by atoms with E-state index in [2.05, 4.69) is 9.97 Å². The van der Waals surface area contributed by atoms with Gasteiger partial charge >= 0.3 is 0 Å². The molecule has 3 heterocycles. The van der Waals surface area contributed by atoms with Crippen LogP contribution in [0.15, 0.2) is 54.9 Å². The zero-order valence-electron chi connectivity index (χ0n) is 17.9. The summed E-state index contributed by atoms with van der Waals surface area (Å²) < 4.78 is 10.9. The van der Waals surface area contributed by atoms with Crippen molar-refractivity contribution in [1.82, 2.24) is 14.9 Å². The van der Waals surface area contributed by atoms with E-state index >= 15 is 0 Å².